The Morgan fingerprint density at radius 2 is 2.21 bits per heavy atom. The van der Waals surface area contributed by atoms with E-state index in [1.807, 2.05) is 17.0 Å². The van der Waals surface area contributed by atoms with Crippen molar-refractivity contribution in [3.05, 3.63) is 53.9 Å². The molecule has 0 aliphatic carbocycles. The van der Waals surface area contributed by atoms with Crippen LogP contribution in [0.3, 0.4) is 0 Å². The first-order chi connectivity index (χ1) is 13.7. The Labute approximate surface area is 163 Å². The predicted octanol–water partition coefficient (Wildman–Crippen LogP) is 3.58. The first-order valence-corrected chi connectivity index (χ1v) is 9.28. The molecule has 1 N–H and O–H groups in total. The Morgan fingerprint density at radius 3 is 2.96 bits per heavy atom. The molecule has 2 aliphatic heterocycles. The van der Waals surface area contributed by atoms with Gasteiger partial charge in [0.15, 0.2) is 11.5 Å². The fourth-order valence-electron chi connectivity index (χ4n) is 3.27. The summed E-state index contributed by atoms with van der Waals surface area (Å²) in [4.78, 5) is 15.5. The van der Waals surface area contributed by atoms with Crippen LogP contribution in [0.5, 0.6) is 11.5 Å². The van der Waals surface area contributed by atoms with E-state index in [0.29, 0.717) is 48.3 Å². The summed E-state index contributed by atoms with van der Waals surface area (Å²) in [5, 5.41) is 10.6. The molecule has 4 rings (SSSR count). The van der Waals surface area contributed by atoms with Crippen molar-refractivity contribution in [1.82, 2.24) is 9.88 Å². The van der Waals surface area contributed by atoms with Crippen LogP contribution in [-0.4, -0.2) is 53.5 Å². The van der Waals surface area contributed by atoms with Crippen LogP contribution in [-0.2, 0) is 0 Å². The van der Waals surface area contributed by atoms with E-state index in [0.717, 1.165) is 17.8 Å². The van der Waals surface area contributed by atoms with E-state index in [2.05, 4.69) is 16.9 Å². The van der Waals surface area contributed by atoms with E-state index < -0.39 is 0 Å². The number of hydrogen-bond donors (Lipinski definition) is 1. The number of benzene rings is 1. The Bertz CT molecular complexity index is 967. The highest BCUT2D eigenvalue weighted by Gasteiger charge is 2.31. The molecule has 7 heteroatoms. The number of aliphatic imine (C=N–C) groups is 2. The minimum absolute atomic E-state index is 0.0962. The highest BCUT2D eigenvalue weighted by molar-refractivity contribution is 6.20. The SMILES string of the molecule is CCCOc1ccc2c(c1OC)N=C(/C=C(\O)c1cccnc1)N1CCN=C21. The summed E-state index contributed by atoms with van der Waals surface area (Å²) in [6.45, 7) is 4.03. The van der Waals surface area contributed by atoms with Gasteiger partial charge in [0.1, 0.15) is 23.1 Å². The van der Waals surface area contributed by atoms with E-state index in [9.17, 15) is 5.11 Å². The molecule has 0 saturated heterocycles. The van der Waals surface area contributed by atoms with Crippen LogP contribution in [0.25, 0.3) is 5.76 Å². The second kappa shape index (κ2) is 7.72. The molecule has 0 atom stereocenters. The normalized spacial score (nSPS) is 15.5. The summed E-state index contributed by atoms with van der Waals surface area (Å²) in [5.74, 6) is 2.76. The lowest BCUT2D eigenvalue weighted by Gasteiger charge is -2.27. The Hall–Kier alpha value is -3.35. The van der Waals surface area contributed by atoms with E-state index in [1.165, 1.54) is 0 Å². The van der Waals surface area contributed by atoms with Crippen LogP contribution in [0.15, 0.2) is 52.7 Å². The quantitative estimate of drug-likeness (QED) is 0.777. The van der Waals surface area contributed by atoms with E-state index in [1.54, 1.807) is 37.7 Å². The van der Waals surface area contributed by atoms with Crippen LogP contribution < -0.4 is 9.47 Å². The van der Waals surface area contributed by atoms with Crippen LogP contribution >= 0.6 is 0 Å². The third-order valence-electron chi connectivity index (χ3n) is 4.57. The fraction of sp³-hybridized carbons (Fsp3) is 0.286. The number of pyridine rings is 1. The van der Waals surface area contributed by atoms with Crippen molar-refractivity contribution in [3.63, 3.8) is 0 Å². The van der Waals surface area contributed by atoms with Crippen molar-refractivity contribution in [1.29, 1.82) is 0 Å². The number of methoxy groups -OCH3 is 1. The molecule has 0 spiro atoms. The van der Waals surface area contributed by atoms with Crippen molar-refractivity contribution in [2.75, 3.05) is 26.8 Å². The third kappa shape index (κ3) is 3.19. The molecule has 2 aromatic rings. The average molecular weight is 378 g/mol. The van der Waals surface area contributed by atoms with Gasteiger partial charge in [-0.05, 0) is 30.7 Å². The monoisotopic (exact) mass is 378 g/mol. The van der Waals surface area contributed by atoms with E-state index in [4.69, 9.17) is 14.5 Å². The van der Waals surface area contributed by atoms with Crippen LogP contribution in [0.1, 0.15) is 24.5 Å². The third-order valence-corrected chi connectivity index (χ3v) is 4.57. The molecule has 144 valence electrons. The molecule has 0 amide bonds. The maximum absolute atomic E-state index is 10.6. The predicted molar refractivity (Wildman–Crippen MR) is 109 cm³/mol. The van der Waals surface area contributed by atoms with Crippen molar-refractivity contribution in [2.24, 2.45) is 9.98 Å². The standard InChI is InChI=1S/C21H22N4O3/c1-3-11-28-17-7-6-15-19(20(17)27-2)24-18(25-10-9-23-21(15)25)12-16(26)14-5-4-8-22-13-14/h4-8,12-13,26H,3,9-11H2,1-2H3/b16-12-. The maximum atomic E-state index is 10.6. The summed E-state index contributed by atoms with van der Waals surface area (Å²) >= 11 is 0. The number of aliphatic hydroxyl groups excluding tert-OH is 1. The highest BCUT2D eigenvalue weighted by Crippen LogP contribution is 2.43. The first-order valence-electron chi connectivity index (χ1n) is 9.28. The minimum atomic E-state index is 0.0962. The smallest absolute Gasteiger partial charge is 0.187 e. The average Bonchev–Trinajstić information content (AvgIpc) is 3.23. The molecule has 7 nitrogen and oxygen atoms in total. The van der Waals surface area contributed by atoms with Gasteiger partial charge >= 0.3 is 0 Å². The molecule has 3 heterocycles. The van der Waals surface area contributed by atoms with Gasteiger partial charge in [-0.3, -0.25) is 9.98 Å². The van der Waals surface area contributed by atoms with Gasteiger partial charge < -0.3 is 19.5 Å². The summed E-state index contributed by atoms with van der Waals surface area (Å²) < 4.78 is 11.4. The first kappa shape index (κ1) is 18.0. The van der Waals surface area contributed by atoms with E-state index in [-0.39, 0.29) is 5.76 Å². The Balaban J connectivity index is 1.81. The second-order valence-corrected chi connectivity index (χ2v) is 6.44. The van der Waals surface area contributed by atoms with Crippen LogP contribution in [0.2, 0.25) is 0 Å². The number of fused-ring (bicyclic) bond motifs is 3. The number of aromatic nitrogens is 1. The van der Waals surface area contributed by atoms with Crippen molar-refractivity contribution >= 4 is 23.1 Å². The van der Waals surface area contributed by atoms with Crippen LogP contribution in [0.4, 0.5) is 5.69 Å². The summed E-state index contributed by atoms with van der Waals surface area (Å²) in [6, 6.07) is 7.44. The Morgan fingerprint density at radius 1 is 1.32 bits per heavy atom. The van der Waals surface area contributed by atoms with Gasteiger partial charge in [-0.2, -0.15) is 0 Å². The molecule has 0 unspecified atom stereocenters. The van der Waals surface area contributed by atoms with Crippen molar-refractivity contribution in [3.8, 4) is 11.5 Å². The van der Waals surface area contributed by atoms with Crippen molar-refractivity contribution < 1.29 is 14.6 Å². The van der Waals surface area contributed by atoms with Gasteiger partial charge in [0.05, 0.1) is 20.3 Å². The molecule has 28 heavy (non-hydrogen) atoms. The highest BCUT2D eigenvalue weighted by atomic mass is 16.5. The molecule has 1 aromatic heterocycles. The molecular weight excluding hydrogens is 356 g/mol. The van der Waals surface area contributed by atoms with Gasteiger partial charge in [-0.25, -0.2) is 4.99 Å². The lowest BCUT2D eigenvalue weighted by Crippen LogP contribution is -2.36. The number of hydrogen-bond acceptors (Lipinski definition) is 7. The minimum Gasteiger partial charge on any atom is -0.507 e. The molecule has 0 saturated carbocycles. The lowest BCUT2D eigenvalue weighted by atomic mass is 10.1. The lowest BCUT2D eigenvalue weighted by molar-refractivity contribution is 0.295. The number of amidine groups is 2. The van der Waals surface area contributed by atoms with Gasteiger partial charge in [0.25, 0.3) is 0 Å². The largest absolute Gasteiger partial charge is 0.507 e. The zero-order chi connectivity index (χ0) is 19.5. The molecule has 0 bridgehead atoms. The van der Waals surface area contributed by atoms with Gasteiger partial charge in [0.2, 0.25) is 0 Å². The van der Waals surface area contributed by atoms with Crippen LogP contribution in [0, 0.1) is 0 Å². The number of ether oxygens (including phenoxy) is 2. The van der Waals surface area contributed by atoms with Gasteiger partial charge in [-0.1, -0.05) is 6.92 Å². The summed E-state index contributed by atoms with van der Waals surface area (Å²) in [6.07, 6.45) is 5.81. The topological polar surface area (TPSA) is 79.5 Å². The fourth-order valence-corrected chi connectivity index (χ4v) is 3.27. The second-order valence-electron chi connectivity index (χ2n) is 6.44. The zero-order valence-corrected chi connectivity index (χ0v) is 15.9. The molecular formula is C21H22N4O3. The van der Waals surface area contributed by atoms with Gasteiger partial charge in [-0.15, -0.1) is 0 Å². The molecule has 1 aromatic carbocycles. The zero-order valence-electron chi connectivity index (χ0n) is 15.9. The van der Waals surface area contributed by atoms with Gasteiger partial charge in [0, 0.05) is 36.1 Å². The maximum Gasteiger partial charge on any atom is 0.187 e. The summed E-state index contributed by atoms with van der Waals surface area (Å²) in [7, 11) is 1.61. The van der Waals surface area contributed by atoms with E-state index >= 15 is 0 Å². The number of rotatable bonds is 6. The number of aliphatic hydroxyl groups is 1. The summed E-state index contributed by atoms with van der Waals surface area (Å²) in [5.41, 5.74) is 2.19. The molecule has 0 fully saturated rings. The Kier molecular flexibility index (Phi) is 4.97. The molecule has 0 radical (unpaired) electrons. The van der Waals surface area contributed by atoms with Crippen molar-refractivity contribution in [2.45, 2.75) is 13.3 Å². The number of nitrogens with zero attached hydrogens (tertiary/aromatic N) is 4. The molecule has 2 aliphatic rings.